The average molecular weight is 267 g/mol. The van der Waals surface area contributed by atoms with Gasteiger partial charge in [0, 0.05) is 0 Å². The standard InChI is InChI=1S/C15H23O4/c1-6-18-13(16)15(14(17)19-7-2)8-11(5)12(9-15)10(3)4/h6-9H2,1-5H3. The van der Waals surface area contributed by atoms with Crippen LogP contribution >= 0.6 is 0 Å². The van der Waals surface area contributed by atoms with Gasteiger partial charge in [0.25, 0.3) is 0 Å². The van der Waals surface area contributed by atoms with E-state index >= 15 is 0 Å². The van der Waals surface area contributed by atoms with E-state index in [2.05, 4.69) is 0 Å². The van der Waals surface area contributed by atoms with E-state index in [9.17, 15) is 9.59 Å². The number of rotatable bonds is 5. The summed E-state index contributed by atoms with van der Waals surface area (Å²) in [6.07, 6.45) is 0.782. The highest BCUT2D eigenvalue weighted by molar-refractivity contribution is 6.01. The first-order chi connectivity index (χ1) is 8.89. The normalized spacial score (nSPS) is 17.8. The van der Waals surface area contributed by atoms with Crippen LogP contribution in [0.5, 0.6) is 0 Å². The highest BCUT2D eigenvalue weighted by Crippen LogP contribution is 2.46. The molecule has 0 N–H and O–H groups in total. The van der Waals surface area contributed by atoms with Crippen molar-refractivity contribution >= 4 is 11.9 Å². The Bertz CT molecular complexity index is 375. The average Bonchev–Trinajstić information content (AvgIpc) is 2.69. The van der Waals surface area contributed by atoms with E-state index in [1.54, 1.807) is 13.8 Å². The van der Waals surface area contributed by atoms with E-state index < -0.39 is 17.4 Å². The quantitative estimate of drug-likeness (QED) is 0.567. The zero-order valence-corrected chi connectivity index (χ0v) is 12.5. The zero-order valence-electron chi connectivity index (χ0n) is 12.5. The summed E-state index contributed by atoms with van der Waals surface area (Å²) in [5.74, 6) is 0.195. The Labute approximate surface area is 115 Å². The van der Waals surface area contributed by atoms with Gasteiger partial charge in [0.1, 0.15) is 0 Å². The summed E-state index contributed by atoms with van der Waals surface area (Å²) in [7, 11) is 0. The van der Waals surface area contributed by atoms with Crippen LogP contribution in [0.15, 0.2) is 11.1 Å². The number of allylic oxidation sites excluding steroid dienone is 2. The summed E-state index contributed by atoms with van der Waals surface area (Å²) < 4.78 is 10.2. The third-order valence-electron chi connectivity index (χ3n) is 3.50. The van der Waals surface area contributed by atoms with Gasteiger partial charge in [-0.25, -0.2) is 0 Å². The monoisotopic (exact) mass is 267 g/mol. The molecule has 0 atom stereocenters. The van der Waals surface area contributed by atoms with Crippen molar-refractivity contribution in [3.05, 3.63) is 17.1 Å². The molecule has 0 aromatic heterocycles. The van der Waals surface area contributed by atoms with Crippen LogP contribution in [-0.4, -0.2) is 25.2 Å². The van der Waals surface area contributed by atoms with E-state index in [4.69, 9.17) is 9.47 Å². The molecule has 0 saturated heterocycles. The fourth-order valence-corrected chi connectivity index (χ4v) is 2.59. The van der Waals surface area contributed by atoms with Crippen LogP contribution < -0.4 is 0 Å². The molecule has 1 aliphatic rings. The SMILES string of the molecule is CCOC(=O)C1(C(=O)OCC)CC(C)=C([C](C)C)C1. The Morgan fingerprint density at radius 1 is 1.05 bits per heavy atom. The van der Waals surface area contributed by atoms with Crippen molar-refractivity contribution < 1.29 is 19.1 Å². The molecule has 0 amide bonds. The van der Waals surface area contributed by atoms with Gasteiger partial charge in [0.2, 0.25) is 0 Å². The lowest BCUT2D eigenvalue weighted by molar-refractivity contribution is -0.171. The molecule has 1 rings (SSSR count). The second kappa shape index (κ2) is 6.22. The van der Waals surface area contributed by atoms with Crippen molar-refractivity contribution in [3.8, 4) is 0 Å². The molecular weight excluding hydrogens is 244 g/mol. The van der Waals surface area contributed by atoms with Crippen LogP contribution in [0.3, 0.4) is 0 Å². The smallest absolute Gasteiger partial charge is 0.324 e. The Hall–Kier alpha value is -1.32. The maximum absolute atomic E-state index is 12.2. The lowest BCUT2D eigenvalue weighted by Crippen LogP contribution is -2.40. The summed E-state index contributed by atoms with van der Waals surface area (Å²) in [4.78, 5) is 24.5. The van der Waals surface area contributed by atoms with Gasteiger partial charge >= 0.3 is 11.9 Å². The van der Waals surface area contributed by atoms with Crippen molar-refractivity contribution in [3.63, 3.8) is 0 Å². The van der Waals surface area contributed by atoms with Crippen LogP contribution in [0.2, 0.25) is 0 Å². The van der Waals surface area contributed by atoms with Crippen LogP contribution in [0.25, 0.3) is 0 Å². The lowest BCUT2D eigenvalue weighted by Gasteiger charge is -2.25. The van der Waals surface area contributed by atoms with Crippen LogP contribution in [0, 0.1) is 11.3 Å². The Balaban J connectivity index is 3.05. The predicted molar refractivity (Wildman–Crippen MR) is 72.2 cm³/mol. The highest BCUT2D eigenvalue weighted by atomic mass is 16.6. The predicted octanol–water partition coefficient (Wildman–Crippen LogP) is 2.82. The lowest BCUT2D eigenvalue weighted by atomic mass is 9.82. The maximum Gasteiger partial charge on any atom is 0.324 e. The van der Waals surface area contributed by atoms with E-state index in [1.165, 1.54) is 0 Å². The third kappa shape index (κ3) is 2.99. The van der Waals surface area contributed by atoms with Gasteiger partial charge < -0.3 is 9.47 Å². The molecule has 0 aliphatic heterocycles. The summed E-state index contributed by atoms with van der Waals surface area (Å²) >= 11 is 0. The van der Waals surface area contributed by atoms with E-state index in [-0.39, 0.29) is 13.2 Å². The minimum absolute atomic E-state index is 0.267. The summed E-state index contributed by atoms with van der Waals surface area (Å²) in [6, 6.07) is 0. The fraction of sp³-hybridized carbons (Fsp3) is 0.667. The summed E-state index contributed by atoms with van der Waals surface area (Å²) in [5.41, 5.74) is 0.977. The Morgan fingerprint density at radius 2 is 1.53 bits per heavy atom. The number of hydrogen-bond donors (Lipinski definition) is 0. The molecule has 1 aliphatic carbocycles. The Kier molecular flexibility index (Phi) is 5.15. The van der Waals surface area contributed by atoms with Gasteiger partial charge in [-0.15, -0.1) is 0 Å². The second-order valence-electron chi connectivity index (χ2n) is 5.14. The number of carbonyl (C=O) groups excluding carboxylic acids is 2. The molecule has 1 radical (unpaired) electrons. The van der Waals surface area contributed by atoms with Crippen molar-refractivity contribution in [2.75, 3.05) is 13.2 Å². The third-order valence-corrected chi connectivity index (χ3v) is 3.50. The van der Waals surface area contributed by atoms with Crippen molar-refractivity contribution in [2.24, 2.45) is 5.41 Å². The van der Waals surface area contributed by atoms with Crippen LogP contribution in [-0.2, 0) is 19.1 Å². The van der Waals surface area contributed by atoms with Gasteiger partial charge in [-0.1, -0.05) is 25.0 Å². The molecule has 4 heteroatoms. The molecule has 0 saturated carbocycles. The first kappa shape index (κ1) is 15.7. The van der Waals surface area contributed by atoms with Crippen molar-refractivity contribution in [1.29, 1.82) is 0 Å². The van der Waals surface area contributed by atoms with Gasteiger partial charge in [-0.05, 0) is 39.5 Å². The molecule has 0 bridgehead atoms. The van der Waals surface area contributed by atoms with E-state index in [0.29, 0.717) is 12.8 Å². The van der Waals surface area contributed by atoms with Crippen molar-refractivity contribution in [2.45, 2.75) is 47.5 Å². The van der Waals surface area contributed by atoms with Gasteiger partial charge in [-0.3, -0.25) is 9.59 Å². The number of carbonyl (C=O) groups is 2. The zero-order chi connectivity index (χ0) is 14.6. The van der Waals surface area contributed by atoms with E-state index in [0.717, 1.165) is 17.1 Å². The molecule has 0 heterocycles. The molecule has 0 aromatic carbocycles. The number of hydrogen-bond acceptors (Lipinski definition) is 4. The number of ether oxygens (including phenoxy) is 2. The fourth-order valence-electron chi connectivity index (χ4n) is 2.59. The van der Waals surface area contributed by atoms with Crippen LogP contribution in [0.1, 0.15) is 47.5 Å². The second-order valence-corrected chi connectivity index (χ2v) is 5.14. The summed E-state index contributed by atoms with van der Waals surface area (Å²) in [6.45, 7) is 9.96. The first-order valence-electron chi connectivity index (χ1n) is 6.72. The minimum Gasteiger partial charge on any atom is -0.465 e. The molecule has 0 spiro atoms. The Morgan fingerprint density at radius 3 is 1.84 bits per heavy atom. The molecule has 4 nitrogen and oxygen atoms in total. The molecular formula is C15H23O4. The molecule has 0 fully saturated rings. The van der Waals surface area contributed by atoms with Gasteiger partial charge in [-0.2, -0.15) is 0 Å². The molecule has 0 aromatic rings. The first-order valence-corrected chi connectivity index (χ1v) is 6.72. The molecule has 107 valence electrons. The van der Waals surface area contributed by atoms with Gasteiger partial charge in [0.05, 0.1) is 13.2 Å². The van der Waals surface area contributed by atoms with Gasteiger partial charge in [0.15, 0.2) is 5.41 Å². The maximum atomic E-state index is 12.2. The summed E-state index contributed by atoms with van der Waals surface area (Å²) in [5, 5.41) is 0. The molecule has 19 heavy (non-hydrogen) atoms. The highest BCUT2D eigenvalue weighted by Gasteiger charge is 2.53. The topological polar surface area (TPSA) is 52.6 Å². The molecule has 0 unspecified atom stereocenters. The van der Waals surface area contributed by atoms with Crippen molar-refractivity contribution in [1.82, 2.24) is 0 Å². The minimum atomic E-state index is -1.18. The largest absolute Gasteiger partial charge is 0.465 e. The van der Waals surface area contributed by atoms with E-state index in [1.807, 2.05) is 20.8 Å². The number of esters is 2. The van der Waals surface area contributed by atoms with Crippen LogP contribution in [0.4, 0.5) is 0 Å².